The van der Waals surface area contributed by atoms with Crippen molar-refractivity contribution in [2.24, 2.45) is 0 Å². The van der Waals surface area contributed by atoms with E-state index in [1.807, 2.05) is 0 Å². The maximum Gasteiger partial charge on any atom is 0.0374 e. The zero-order valence-corrected chi connectivity index (χ0v) is 12.6. The monoisotopic (exact) mass is 265 g/mol. The predicted octanol–water partition coefficient (Wildman–Crippen LogP) is 4.97. The molecule has 2 aromatic carbocycles. The van der Waals surface area contributed by atoms with Crippen LogP contribution in [0.4, 0.5) is 5.69 Å². The normalized spacial score (nSPS) is 21.4. The van der Waals surface area contributed by atoms with E-state index in [9.17, 15) is 0 Å². The van der Waals surface area contributed by atoms with Gasteiger partial charge in [0.1, 0.15) is 0 Å². The first-order chi connectivity index (χ1) is 9.65. The van der Waals surface area contributed by atoms with E-state index < -0.39 is 0 Å². The van der Waals surface area contributed by atoms with Gasteiger partial charge in [-0.25, -0.2) is 0 Å². The molecule has 0 bridgehead atoms. The highest BCUT2D eigenvalue weighted by molar-refractivity contribution is 5.54. The zero-order valence-electron chi connectivity index (χ0n) is 12.6. The second-order valence-corrected chi connectivity index (χ2v) is 6.11. The van der Waals surface area contributed by atoms with Crippen molar-refractivity contribution in [3.05, 3.63) is 64.7 Å². The minimum absolute atomic E-state index is 0.625. The van der Waals surface area contributed by atoms with Crippen LogP contribution in [0.5, 0.6) is 0 Å². The van der Waals surface area contributed by atoms with Gasteiger partial charge in [-0.1, -0.05) is 36.4 Å². The Hall–Kier alpha value is -1.76. The molecule has 3 rings (SSSR count). The van der Waals surface area contributed by atoms with Gasteiger partial charge in [0.15, 0.2) is 0 Å². The van der Waals surface area contributed by atoms with Gasteiger partial charge in [-0.05, 0) is 67.9 Å². The topological polar surface area (TPSA) is 12.0 Å². The van der Waals surface area contributed by atoms with Crippen molar-refractivity contribution in [1.82, 2.24) is 0 Å². The van der Waals surface area contributed by atoms with Crippen molar-refractivity contribution in [3.8, 4) is 0 Å². The smallest absolute Gasteiger partial charge is 0.0374 e. The Morgan fingerprint density at radius 2 is 1.55 bits per heavy atom. The Bertz CT molecular complexity index is 609. The molecule has 1 fully saturated rings. The summed E-state index contributed by atoms with van der Waals surface area (Å²) in [7, 11) is 0. The molecular weight excluding hydrogens is 242 g/mol. The van der Waals surface area contributed by atoms with Crippen LogP contribution in [0.2, 0.25) is 0 Å². The van der Waals surface area contributed by atoms with E-state index in [2.05, 4.69) is 68.6 Å². The average molecular weight is 265 g/mol. The van der Waals surface area contributed by atoms with Gasteiger partial charge in [0.2, 0.25) is 0 Å². The molecule has 1 aliphatic rings. The van der Waals surface area contributed by atoms with E-state index in [1.165, 1.54) is 40.8 Å². The van der Waals surface area contributed by atoms with E-state index in [0.29, 0.717) is 6.04 Å². The molecular formula is C19H23N. The number of nitrogens with one attached hydrogen (secondary N) is 1. The van der Waals surface area contributed by atoms with Gasteiger partial charge in [-0.3, -0.25) is 0 Å². The van der Waals surface area contributed by atoms with Gasteiger partial charge < -0.3 is 5.32 Å². The third kappa shape index (κ3) is 2.45. The van der Waals surface area contributed by atoms with Gasteiger partial charge in [0.25, 0.3) is 0 Å². The predicted molar refractivity (Wildman–Crippen MR) is 86.5 cm³/mol. The van der Waals surface area contributed by atoms with E-state index >= 15 is 0 Å². The lowest BCUT2D eigenvalue weighted by atomic mass is 9.74. The highest BCUT2D eigenvalue weighted by Gasteiger charge is 2.31. The second kappa shape index (κ2) is 5.32. The van der Waals surface area contributed by atoms with Gasteiger partial charge >= 0.3 is 0 Å². The SMILES string of the molecule is Cc1ccccc1C1CC(Nc2cccc(C)c2C)C1. The third-order valence-electron chi connectivity index (χ3n) is 4.73. The highest BCUT2D eigenvalue weighted by Crippen LogP contribution is 2.40. The first-order valence-corrected chi connectivity index (χ1v) is 7.53. The van der Waals surface area contributed by atoms with Crippen LogP contribution < -0.4 is 5.32 Å². The molecule has 0 spiro atoms. The molecule has 20 heavy (non-hydrogen) atoms. The fraction of sp³-hybridized carbons (Fsp3) is 0.368. The molecule has 0 saturated heterocycles. The molecule has 1 nitrogen and oxygen atoms in total. The summed E-state index contributed by atoms with van der Waals surface area (Å²) in [4.78, 5) is 0. The summed E-state index contributed by atoms with van der Waals surface area (Å²) in [6.45, 7) is 6.60. The maximum absolute atomic E-state index is 3.71. The van der Waals surface area contributed by atoms with Crippen LogP contribution >= 0.6 is 0 Å². The number of hydrogen-bond donors (Lipinski definition) is 1. The molecule has 1 aliphatic carbocycles. The van der Waals surface area contributed by atoms with Crippen molar-refractivity contribution in [3.63, 3.8) is 0 Å². The zero-order chi connectivity index (χ0) is 14.1. The van der Waals surface area contributed by atoms with Gasteiger partial charge in [0, 0.05) is 11.7 Å². The summed E-state index contributed by atoms with van der Waals surface area (Å²) in [6, 6.07) is 15.9. The standard InChI is InChI=1S/C19H23N/c1-13-8-6-10-19(15(13)3)20-17-11-16(12-17)18-9-5-4-7-14(18)2/h4-10,16-17,20H,11-12H2,1-3H3. The minimum atomic E-state index is 0.625. The Morgan fingerprint density at radius 3 is 2.30 bits per heavy atom. The Balaban J connectivity index is 1.64. The van der Waals surface area contributed by atoms with Crippen molar-refractivity contribution < 1.29 is 0 Å². The van der Waals surface area contributed by atoms with Crippen LogP contribution in [0, 0.1) is 20.8 Å². The summed E-state index contributed by atoms with van der Waals surface area (Å²) in [5.41, 5.74) is 7.02. The van der Waals surface area contributed by atoms with Gasteiger partial charge in [0.05, 0.1) is 0 Å². The van der Waals surface area contributed by atoms with E-state index in [1.54, 1.807) is 0 Å². The number of anilines is 1. The van der Waals surface area contributed by atoms with Crippen LogP contribution in [0.3, 0.4) is 0 Å². The molecule has 1 heteroatoms. The lowest BCUT2D eigenvalue weighted by Crippen LogP contribution is -2.34. The third-order valence-corrected chi connectivity index (χ3v) is 4.73. The Kier molecular flexibility index (Phi) is 3.52. The molecule has 0 atom stereocenters. The molecule has 0 aromatic heterocycles. The van der Waals surface area contributed by atoms with Crippen LogP contribution in [-0.2, 0) is 0 Å². The summed E-state index contributed by atoms with van der Waals surface area (Å²) >= 11 is 0. The van der Waals surface area contributed by atoms with Crippen LogP contribution in [-0.4, -0.2) is 6.04 Å². The largest absolute Gasteiger partial charge is 0.382 e. The maximum atomic E-state index is 3.71. The van der Waals surface area contributed by atoms with Crippen molar-refractivity contribution in [2.75, 3.05) is 5.32 Å². The fourth-order valence-electron chi connectivity index (χ4n) is 3.16. The van der Waals surface area contributed by atoms with E-state index in [4.69, 9.17) is 0 Å². The number of hydrogen-bond acceptors (Lipinski definition) is 1. The van der Waals surface area contributed by atoms with Crippen LogP contribution in [0.25, 0.3) is 0 Å². The number of benzene rings is 2. The van der Waals surface area contributed by atoms with Crippen molar-refractivity contribution in [1.29, 1.82) is 0 Å². The van der Waals surface area contributed by atoms with Gasteiger partial charge in [-0.2, -0.15) is 0 Å². The minimum Gasteiger partial charge on any atom is -0.382 e. The first kappa shape index (κ1) is 13.2. The lowest BCUT2D eigenvalue weighted by molar-refractivity contribution is 0.373. The molecule has 0 heterocycles. The average Bonchev–Trinajstić information content (AvgIpc) is 2.39. The van der Waals surface area contributed by atoms with E-state index in [0.717, 1.165) is 5.92 Å². The molecule has 104 valence electrons. The quantitative estimate of drug-likeness (QED) is 0.826. The number of aryl methyl sites for hydroxylation is 2. The molecule has 0 unspecified atom stereocenters. The first-order valence-electron chi connectivity index (χ1n) is 7.53. The molecule has 0 amide bonds. The summed E-state index contributed by atoms with van der Waals surface area (Å²) in [5.74, 6) is 0.735. The second-order valence-electron chi connectivity index (χ2n) is 6.11. The van der Waals surface area contributed by atoms with Crippen molar-refractivity contribution in [2.45, 2.75) is 45.6 Å². The van der Waals surface area contributed by atoms with Crippen molar-refractivity contribution >= 4 is 5.69 Å². The molecule has 0 aliphatic heterocycles. The highest BCUT2D eigenvalue weighted by atomic mass is 14.9. The van der Waals surface area contributed by atoms with Crippen LogP contribution in [0.1, 0.15) is 41.0 Å². The Morgan fingerprint density at radius 1 is 0.850 bits per heavy atom. The van der Waals surface area contributed by atoms with Gasteiger partial charge in [-0.15, -0.1) is 0 Å². The summed E-state index contributed by atoms with van der Waals surface area (Å²) < 4.78 is 0. The molecule has 1 N–H and O–H groups in total. The van der Waals surface area contributed by atoms with Crippen LogP contribution in [0.15, 0.2) is 42.5 Å². The van der Waals surface area contributed by atoms with E-state index in [-0.39, 0.29) is 0 Å². The molecule has 1 saturated carbocycles. The Labute approximate surface area is 122 Å². The summed E-state index contributed by atoms with van der Waals surface area (Å²) in [6.07, 6.45) is 2.50. The molecule has 2 aromatic rings. The fourth-order valence-corrected chi connectivity index (χ4v) is 3.16. The number of rotatable bonds is 3. The molecule has 0 radical (unpaired) electrons. The lowest BCUT2D eigenvalue weighted by Gasteiger charge is -2.38. The summed E-state index contributed by atoms with van der Waals surface area (Å²) in [5, 5.41) is 3.71.